The summed E-state index contributed by atoms with van der Waals surface area (Å²) < 4.78 is 46.5. The van der Waals surface area contributed by atoms with Crippen LogP contribution >= 0.6 is 34.2 Å². The average molecular weight is 651 g/mol. The number of ether oxygens (including phenoxy) is 1. The third-order valence-corrected chi connectivity index (χ3v) is 7.74. The van der Waals surface area contributed by atoms with Gasteiger partial charge in [-0.05, 0) is 89.8 Å². The largest absolute Gasteiger partial charge is 0.418 e. The highest BCUT2D eigenvalue weighted by molar-refractivity contribution is 14.1. The number of anilines is 2. The van der Waals surface area contributed by atoms with Crippen molar-refractivity contribution in [1.82, 2.24) is 4.90 Å². The Kier molecular flexibility index (Phi) is 9.17. The van der Waals surface area contributed by atoms with Crippen molar-refractivity contribution in [2.24, 2.45) is 5.18 Å². The number of rotatable bonds is 7. The van der Waals surface area contributed by atoms with Gasteiger partial charge in [-0.2, -0.15) is 13.2 Å². The van der Waals surface area contributed by atoms with E-state index in [2.05, 4.69) is 38.0 Å². The predicted molar refractivity (Wildman–Crippen MR) is 145 cm³/mol. The fraction of sp³-hybridized carbons (Fsp3) is 0.480. The van der Waals surface area contributed by atoms with E-state index in [0.717, 1.165) is 21.4 Å². The Morgan fingerprint density at radius 3 is 2.41 bits per heavy atom. The van der Waals surface area contributed by atoms with Crippen LogP contribution in [0.5, 0.6) is 0 Å². The molecule has 1 saturated heterocycles. The Hall–Kier alpha value is -2.12. The SMILES string of the molecule is O=Nc1ccc(NC2CCC(OCC(=O)N3CCN(c4ccc(I)cc4Cl)CC3)CC2)cc1C(F)(F)F. The molecule has 4 rings (SSSR count). The summed E-state index contributed by atoms with van der Waals surface area (Å²) in [6, 6.07) is 9.35. The van der Waals surface area contributed by atoms with Crippen LogP contribution in [0, 0.1) is 8.48 Å². The first-order chi connectivity index (χ1) is 17.6. The molecule has 1 saturated carbocycles. The minimum Gasteiger partial charge on any atom is -0.382 e. The van der Waals surface area contributed by atoms with Crippen LogP contribution in [0.3, 0.4) is 0 Å². The van der Waals surface area contributed by atoms with Gasteiger partial charge in [0.1, 0.15) is 12.3 Å². The standard InChI is InChI=1S/C25H27ClF3IN4O3/c26-21-13-16(30)1-8-23(21)33-9-11-34(12-10-33)24(35)15-37-19-5-2-17(3-6-19)31-18-4-7-22(32-36)20(14-18)25(27,28)29/h1,4,7-8,13-14,17,19,31H,2-3,5-6,9-12,15H2. The molecule has 1 heterocycles. The molecule has 200 valence electrons. The van der Waals surface area contributed by atoms with Crippen molar-refractivity contribution in [2.45, 2.75) is 44.0 Å². The Labute approximate surface area is 231 Å². The highest BCUT2D eigenvalue weighted by Gasteiger charge is 2.35. The van der Waals surface area contributed by atoms with Gasteiger partial charge in [0.25, 0.3) is 0 Å². The van der Waals surface area contributed by atoms with E-state index in [1.807, 2.05) is 18.2 Å². The van der Waals surface area contributed by atoms with Crippen LogP contribution in [0.4, 0.5) is 30.2 Å². The minimum absolute atomic E-state index is 0.0160. The summed E-state index contributed by atoms with van der Waals surface area (Å²) >= 11 is 8.60. The number of amides is 1. The number of alkyl halides is 3. The average Bonchev–Trinajstić information content (AvgIpc) is 2.88. The van der Waals surface area contributed by atoms with Gasteiger partial charge in [0, 0.05) is 41.5 Å². The molecule has 0 atom stereocenters. The normalized spacial score (nSPS) is 20.6. The van der Waals surface area contributed by atoms with Gasteiger partial charge < -0.3 is 19.9 Å². The summed E-state index contributed by atoms with van der Waals surface area (Å²) in [6.45, 7) is 2.60. The summed E-state index contributed by atoms with van der Waals surface area (Å²) in [5, 5.41) is 6.30. The van der Waals surface area contributed by atoms with Gasteiger partial charge in [0.15, 0.2) is 0 Å². The molecule has 1 amide bonds. The molecular weight excluding hydrogens is 624 g/mol. The van der Waals surface area contributed by atoms with Gasteiger partial charge in [-0.25, -0.2) is 0 Å². The zero-order valence-electron chi connectivity index (χ0n) is 19.9. The van der Waals surface area contributed by atoms with Gasteiger partial charge in [0.2, 0.25) is 5.91 Å². The molecule has 1 aliphatic carbocycles. The molecule has 1 N–H and O–H groups in total. The van der Waals surface area contributed by atoms with E-state index in [0.29, 0.717) is 62.6 Å². The van der Waals surface area contributed by atoms with Crippen LogP contribution < -0.4 is 10.2 Å². The van der Waals surface area contributed by atoms with Crippen molar-refractivity contribution in [3.05, 3.63) is 55.5 Å². The van der Waals surface area contributed by atoms with Crippen molar-refractivity contribution < 1.29 is 22.7 Å². The summed E-state index contributed by atoms with van der Waals surface area (Å²) in [4.78, 5) is 27.4. The first-order valence-corrected chi connectivity index (χ1v) is 13.5. The van der Waals surface area contributed by atoms with E-state index in [4.69, 9.17) is 16.3 Å². The number of nitrogens with zero attached hydrogens (tertiary/aromatic N) is 3. The first kappa shape index (κ1) is 27.9. The predicted octanol–water partition coefficient (Wildman–Crippen LogP) is 6.45. The minimum atomic E-state index is -4.65. The number of halogens is 5. The second-order valence-electron chi connectivity index (χ2n) is 9.21. The fourth-order valence-corrected chi connectivity index (χ4v) is 5.73. The van der Waals surface area contributed by atoms with Crippen molar-refractivity contribution in [1.29, 1.82) is 0 Å². The number of carbonyl (C=O) groups excluding carboxylic acids is 1. The lowest BCUT2D eigenvalue weighted by Gasteiger charge is -2.37. The van der Waals surface area contributed by atoms with Crippen molar-refractivity contribution in [3.63, 3.8) is 0 Å². The molecule has 2 aromatic rings. The summed E-state index contributed by atoms with van der Waals surface area (Å²) in [7, 11) is 0. The summed E-state index contributed by atoms with van der Waals surface area (Å²) in [5.41, 5.74) is -0.405. The maximum Gasteiger partial charge on any atom is 0.418 e. The van der Waals surface area contributed by atoms with Gasteiger partial charge >= 0.3 is 6.18 Å². The Morgan fingerprint density at radius 2 is 1.78 bits per heavy atom. The molecule has 12 heteroatoms. The van der Waals surface area contributed by atoms with Crippen molar-refractivity contribution >= 4 is 57.2 Å². The second-order valence-corrected chi connectivity index (χ2v) is 10.9. The molecule has 0 bridgehead atoms. The van der Waals surface area contributed by atoms with Crippen LogP contribution in [-0.4, -0.2) is 55.7 Å². The lowest BCUT2D eigenvalue weighted by Crippen LogP contribution is -2.50. The molecule has 7 nitrogen and oxygen atoms in total. The van der Waals surface area contributed by atoms with E-state index >= 15 is 0 Å². The van der Waals surface area contributed by atoms with E-state index < -0.39 is 17.4 Å². The van der Waals surface area contributed by atoms with Crippen LogP contribution in [0.1, 0.15) is 31.2 Å². The van der Waals surface area contributed by atoms with Crippen molar-refractivity contribution in [2.75, 3.05) is 43.0 Å². The third-order valence-electron chi connectivity index (χ3n) is 6.77. The molecule has 2 aliphatic rings. The Bertz CT molecular complexity index is 1120. The van der Waals surface area contributed by atoms with Gasteiger partial charge in [-0.3, -0.25) is 4.79 Å². The van der Waals surface area contributed by atoms with Crippen LogP contribution in [-0.2, 0) is 15.7 Å². The number of hydrogen-bond acceptors (Lipinski definition) is 6. The highest BCUT2D eigenvalue weighted by atomic mass is 127. The summed E-state index contributed by atoms with van der Waals surface area (Å²) in [6.07, 6.45) is -1.93. The third kappa shape index (κ3) is 7.26. The van der Waals surface area contributed by atoms with E-state index in [9.17, 15) is 22.9 Å². The van der Waals surface area contributed by atoms with E-state index in [1.165, 1.54) is 6.07 Å². The topological polar surface area (TPSA) is 74.2 Å². The number of nitroso groups, excluding NO2 is 1. The van der Waals surface area contributed by atoms with Crippen LogP contribution in [0.2, 0.25) is 5.02 Å². The van der Waals surface area contributed by atoms with Crippen LogP contribution in [0.15, 0.2) is 41.6 Å². The quantitative estimate of drug-likeness (QED) is 0.276. The number of piperazine rings is 1. The first-order valence-electron chi connectivity index (χ1n) is 12.0. The molecule has 37 heavy (non-hydrogen) atoms. The lowest BCUT2D eigenvalue weighted by molar-refractivity contribution is -0.139. The molecule has 0 radical (unpaired) electrons. The Balaban J connectivity index is 1.19. The van der Waals surface area contributed by atoms with E-state index in [-0.39, 0.29) is 24.7 Å². The summed E-state index contributed by atoms with van der Waals surface area (Å²) in [5.74, 6) is -0.0443. The molecule has 0 aromatic heterocycles. The number of nitrogens with one attached hydrogen (secondary N) is 1. The molecule has 0 unspecified atom stereocenters. The maximum atomic E-state index is 13.2. The van der Waals surface area contributed by atoms with Crippen LogP contribution in [0.25, 0.3) is 0 Å². The van der Waals surface area contributed by atoms with E-state index in [1.54, 1.807) is 4.90 Å². The monoisotopic (exact) mass is 650 g/mol. The van der Waals surface area contributed by atoms with Gasteiger partial charge in [-0.1, -0.05) is 11.6 Å². The molecule has 1 aliphatic heterocycles. The maximum absolute atomic E-state index is 13.2. The number of benzene rings is 2. The molecule has 2 aromatic carbocycles. The number of carbonyl (C=O) groups is 1. The van der Waals surface area contributed by atoms with Gasteiger partial charge in [0.05, 0.1) is 22.4 Å². The smallest absolute Gasteiger partial charge is 0.382 e. The zero-order chi connectivity index (χ0) is 26.6. The van der Waals surface area contributed by atoms with Crippen molar-refractivity contribution in [3.8, 4) is 0 Å². The molecule has 0 spiro atoms. The Morgan fingerprint density at radius 1 is 1.08 bits per heavy atom. The molecular formula is C25H27ClF3IN4O3. The highest BCUT2D eigenvalue weighted by Crippen LogP contribution is 2.38. The van der Waals surface area contributed by atoms with Gasteiger partial charge in [-0.15, -0.1) is 4.91 Å². The molecule has 2 fully saturated rings. The fourth-order valence-electron chi connectivity index (χ4n) is 4.76. The lowest BCUT2D eigenvalue weighted by atomic mass is 9.92. The second kappa shape index (κ2) is 12.2. The number of hydrogen-bond donors (Lipinski definition) is 1. The zero-order valence-corrected chi connectivity index (χ0v) is 22.9.